The standard InChI is InChI=1S/C7H12O4.C5H12/c1-3-10-6(8)5-7(9)11-4-2;1-4-5(2)3/h3-5H2,1-2H3;5H,4H2,1-3H3. The highest BCUT2D eigenvalue weighted by molar-refractivity contribution is 5.91. The van der Waals surface area contributed by atoms with Crippen LogP contribution >= 0.6 is 0 Å². The van der Waals surface area contributed by atoms with E-state index in [1.807, 2.05) is 0 Å². The largest absolute Gasteiger partial charge is 0.466 e. The second-order valence-electron chi connectivity index (χ2n) is 3.59. The molecule has 0 spiro atoms. The summed E-state index contributed by atoms with van der Waals surface area (Å²) in [6, 6.07) is 0. The molecule has 0 rings (SSSR count). The van der Waals surface area contributed by atoms with E-state index in [1.165, 1.54) is 6.42 Å². The van der Waals surface area contributed by atoms with Crippen LogP contribution in [0.25, 0.3) is 0 Å². The first kappa shape index (κ1) is 17.3. The van der Waals surface area contributed by atoms with Crippen LogP contribution in [0.15, 0.2) is 0 Å². The zero-order chi connectivity index (χ0) is 13.0. The van der Waals surface area contributed by atoms with Crippen LogP contribution in [0.5, 0.6) is 0 Å². The number of rotatable bonds is 5. The van der Waals surface area contributed by atoms with Crippen LogP contribution in [-0.2, 0) is 19.1 Å². The summed E-state index contributed by atoms with van der Waals surface area (Å²) >= 11 is 0. The third-order valence-corrected chi connectivity index (χ3v) is 1.72. The van der Waals surface area contributed by atoms with Crippen LogP contribution in [0, 0.1) is 5.92 Å². The van der Waals surface area contributed by atoms with E-state index in [0.29, 0.717) is 0 Å². The van der Waals surface area contributed by atoms with Crippen molar-refractivity contribution in [3.8, 4) is 0 Å². The molecule has 0 aliphatic rings. The molecule has 0 aromatic carbocycles. The minimum absolute atomic E-state index is 0.290. The highest BCUT2D eigenvalue weighted by Gasteiger charge is 2.09. The Bertz CT molecular complexity index is 171. The van der Waals surface area contributed by atoms with Crippen LogP contribution in [0.2, 0.25) is 0 Å². The van der Waals surface area contributed by atoms with Crippen molar-refractivity contribution >= 4 is 11.9 Å². The summed E-state index contributed by atoms with van der Waals surface area (Å²) in [7, 11) is 0. The van der Waals surface area contributed by atoms with Gasteiger partial charge in [0.1, 0.15) is 6.42 Å². The van der Waals surface area contributed by atoms with Crippen molar-refractivity contribution in [2.24, 2.45) is 5.92 Å². The maximum absolute atomic E-state index is 10.6. The molecule has 16 heavy (non-hydrogen) atoms. The molecule has 0 aromatic heterocycles. The van der Waals surface area contributed by atoms with Crippen molar-refractivity contribution < 1.29 is 19.1 Å². The van der Waals surface area contributed by atoms with E-state index in [2.05, 4.69) is 30.2 Å². The highest BCUT2D eigenvalue weighted by Crippen LogP contribution is 1.93. The number of carbonyl (C=O) groups is 2. The van der Waals surface area contributed by atoms with E-state index in [9.17, 15) is 9.59 Å². The van der Waals surface area contributed by atoms with Crippen LogP contribution in [-0.4, -0.2) is 25.2 Å². The van der Waals surface area contributed by atoms with Crippen molar-refractivity contribution in [3.63, 3.8) is 0 Å². The molecule has 0 N–H and O–H groups in total. The van der Waals surface area contributed by atoms with Crippen molar-refractivity contribution in [3.05, 3.63) is 0 Å². The zero-order valence-corrected chi connectivity index (χ0v) is 11.0. The summed E-state index contributed by atoms with van der Waals surface area (Å²) in [6.45, 7) is 10.6. The lowest BCUT2D eigenvalue weighted by Gasteiger charge is -2.00. The quantitative estimate of drug-likeness (QED) is 0.540. The van der Waals surface area contributed by atoms with Crippen molar-refractivity contribution in [2.45, 2.75) is 47.5 Å². The Labute approximate surface area is 98.3 Å². The van der Waals surface area contributed by atoms with Gasteiger partial charge in [0, 0.05) is 0 Å². The number of hydrogen-bond donors (Lipinski definition) is 0. The molecule has 4 nitrogen and oxygen atoms in total. The molecule has 0 radical (unpaired) electrons. The van der Waals surface area contributed by atoms with Crippen LogP contribution in [0.4, 0.5) is 0 Å². The van der Waals surface area contributed by atoms with E-state index in [-0.39, 0.29) is 19.6 Å². The average molecular weight is 232 g/mol. The normalized spacial score (nSPS) is 9.12. The number of hydrogen-bond acceptors (Lipinski definition) is 4. The van der Waals surface area contributed by atoms with E-state index in [4.69, 9.17) is 0 Å². The Morgan fingerprint density at radius 1 is 0.938 bits per heavy atom. The lowest BCUT2D eigenvalue weighted by molar-refractivity contribution is -0.153. The zero-order valence-electron chi connectivity index (χ0n) is 11.0. The third kappa shape index (κ3) is 15.4. The molecular formula is C12H24O4. The molecule has 0 saturated heterocycles. The van der Waals surface area contributed by atoms with Crippen molar-refractivity contribution in [2.75, 3.05) is 13.2 Å². The van der Waals surface area contributed by atoms with Crippen LogP contribution < -0.4 is 0 Å². The molecule has 0 amide bonds. The highest BCUT2D eigenvalue weighted by atomic mass is 16.5. The van der Waals surface area contributed by atoms with Gasteiger partial charge in [0.2, 0.25) is 0 Å². The second-order valence-corrected chi connectivity index (χ2v) is 3.59. The molecule has 0 fully saturated rings. The van der Waals surface area contributed by atoms with Crippen molar-refractivity contribution in [1.82, 2.24) is 0 Å². The summed E-state index contributed by atoms with van der Waals surface area (Å²) in [4.78, 5) is 21.2. The lowest BCUT2D eigenvalue weighted by atomic mass is 10.2. The number of esters is 2. The molecule has 4 heteroatoms. The topological polar surface area (TPSA) is 52.6 Å². The molecule has 96 valence electrons. The Morgan fingerprint density at radius 2 is 1.25 bits per heavy atom. The van der Waals surface area contributed by atoms with E-state index >= 15 is 0 Å². The summed E-state index contributed by atoms with van der Waals surface area (Å²) in [5, 5.41) is 0. The molecular weight excluding hydrogens is 208 g/mol. The van der Waals surface area contributed by atoms with Gasteiger partial charge in [-0.2, -0.15) is 0 Å². The fraction of sp³-hybridized carbons (Fsp3) is 0.833. The maximum Gasteiger partial charge on any atom is 0.317 e. The molecule has 0 aliphatic heterocycles. The minimum atomic E-state index is -0.536. The minimum Gasteiger partial charge on any atom is -0.466 e. The first-order valence-electron chi connectivity index (χ1n) is 5.79. The Morgan fingerprint density at radius 3 is 1.44 bits per heavy atom. The van der Waals surface area contributed by atoms with E-state index in [1.54, 1.807) is 13.8 Å². The summed E-state index contributed by atoms with van der Waals surface area (Å²) < 4.78 is 9.04. The predicted octanol–water partition coefficient (Wildman–Crippen LogP) is 2.56. The average Bonchev–Trinajstić information content (AvgIpc) is 2.19. The molecule has 0 saturated carbocycles. The molecule has 0 aromatic rings. The smallest absolute Gasteiger partial charge is 0.317 e. The summed E-state index contributed by atoms with van der Waals surface area (Å²) in [5.41, 5.74) is 0. The number of carbonyl (C=O) groups excluding carboxylic acids is 2. The lowest BCUT2D eigenvalue weighted by Crippen LogP contribution is -2.13. The molecule has 0 aliphatic carbocycles. The molecule has 0 bridgehead atoms. The first-order chi connectivity index (χ1) is 7.47. The Hall–Kier alpha value is -1.06. The van der Waals surface area contributed by atoms with Crippen LogP contribution in [0.1, 0.15) is 47.5 Å². The van der Waals surface area contributed by atoms with Crippen molar-refractivity contribution in [1.29, 1.82) is 0 Å². The molecule has 0 atom stereocenters. The summed E-state index contributed by atoms with van der Waals surface area (Å²) in [5.74, 6) is -0.188. The third-order valence-electron chi connectivity index (χ3n) is 1.72. The van der Waals surface area contributed by atoms with Gasteiger partial charge in [-0.3, -0.25) is 9.59 Å². The van der Waals surface area contributed by atoms with Gasteiger partial charge in [0.15, 0.2) is 0 Å². The second kappa shape index (κ2) is 12.0. The fourth-order valence-corrected chi connectivity index (χ4v) is 0.542. The van der Waals surface area contributed by atoms with Gasteiger partial charge in [-0.05, 0) is 19.8 Å². The van der Waals surface area contributed by atoms with Gasteiger partial charge in [-0.25, -0.2) is 0 Å². The summed E-state index contributed by atoms with van der Waals surface area (Å²) in [6.07, 6.45) is 1.02. The Kier molecular flexibility index (Phi) is 13.0. The van der Waals surface area contributed by atoms with Gasteiger partial charge in [0.25, 0.3) is 0 Å². The maximum atomic E-state index is 10.6. The van der Waals surface area contributed by atoms with Crippen LogP contribution in [0.3, 0.4) is 0 Å². The molecule has 0 heterocycles. The predicted molar refractivity (Wildman–Crippen MR) is 63.0 cm³/mol. The Balaban J connectivity index is 0. The van der Waals surface area contributed by atoms with E-state index in [0.717, 1.165) is 5.92 Å². The number of ether oxygens (including phenoxy) is 2. The monoisotopic (exact) mass is 232 g/mol. The van der Waals surface area contributed by atoms with Gasteiger partial charge < -0.3 is 9.47 Å². The van der Waals surface area contributed by atoms with Gasteiger partial charge in [0.05, 0.1) is 13.2 Å². The first-order valence-corrected chi connectivity index (χ1v) is 5.79. The molecule has 0 unspecified atom stereocenters. The SMILES string of the molecule is CCC(C)C.CCOC(=O)CC(=O)OCC. The van der Waals surface area contributed by atoms with Gasteiger partial charge >= 0.3 is 11.9 Å². The van der Waals surface area contributed by atoms with Gasteiger partial charge in [-0.1, -0.05) is 27.2 Å². The van der Waals surface area contributed by atoms with E-state index < -0.39 is 11.9 Å². The fourth-order valence-electron chi connectivity index (χ4n) is 0.542. The van der Waals surface area contributed by atoms with Gasteiger partial charge in [-0.15, -0.1) is 0 Å².